The predicted octanol–water partition coefficient (Wildman–Crippen LogP) is 0.687. The van der Waals surface area contributed by atoms with E-state index in [-0.39, 0.29) is 4.90 Å². The molecule has 0 bridgehead atoms. The largest absolute Gasteiger partial charge is 0.284 e. The lowest BCUT2D eigenvalue weighted by molar-refractivity contribution is 0.563. The minimum absolute atomic E-state index is 0.179. The molecule has 0 spiro atoms. The van der Waals surface area contributed by atoms with Gasteiger partial charge in [0, 0.05) is 12.7 Å². The van der Waals surface area contributed by atoms with Crippen molar-refractivity contribution in [3.8, 4) is 0 Å². The number of thioether (sulfide) groups is 1. The first-order valence-electron chi connectivity index (χ1n) is 4.53. The number of rotatable bonds is 6. The molecule has 0 amide bonds. The molecule has 0 aliphatic rings. The van der Waals surface area contributed by atoms with Crippen LogP contribution in [0.4, 0.5) is 0 Å². The van der Waals surface area contributed by atoms with Crippen LogP contribution in [-0.4, -0.2) is 37.2 Å². The second-order valence-electron chi connectivity index (χ2n) is 3.35. The molecule has 0 fully saturated rings. The average molecular weight is 249 g/mol. The van der Waals surface area contributed by atoms with Crippen LogP contribution in [0.1, 0.15) is 6.92 Å². The highest BCUT2D eigenvalue weighted by atomic mass is 32.2. The van der Waals surface area contributed by atoms with Crippen LogP contribution >= 0.6 is 11.8 Å². The average Bonchev–Trinajstić information content (AvgIpc) is 2.69. The van der Waals surface area contributed by atoms with Gasteiger partial charge >= 0.3 is 0 Å². The lowest BCUT2D eigenvalue weighted by Crippen LogP contribution is -2.29. The third-order valence-corrected chi connectivity index (χ3v) is 4.15. The lowest BCUT2D eigenvalue weighted by atomic mass is 10.2. The minimum atomic E-state index is -3.38. The van der Waals surface area contributed by atoms with Gasteiger partial charge in [-0.05, 0) is 17.9 Å². The van der Waals surface area contributed by atoms with Crippen molar-refractivity contribution in [3.63, 3.8) is 0 Å². The van der Waals surface area contributed by atoms with Crippen molar-refractivity contribution in [2.24, 2.45) is 5.92 Å². The number of sulfonamides is 1. The number of aromatic nitrogens is 2. The molecule has 5 nitrogen and oxygen atoms in total. The molecule has 86 valence electrons. The van der Waals surface area contributed by atoms with Crippen LogP contribution < -0.4 is 4.72 Å². The van der Waals surface area contributed by atoms with Crippen LogP contribution in [0.25, 0.3) is 0 Å². The zero-order valence-corrected chi connectivity index (χ0v) is 10.4. The van der Waals surface area contributed by atoms with Crippen LogP contribution in [0.2, 0.25) is 0 Å². The molecule has 1 aromatic rings. The smallest absolute Gasteiger partial charge is 0.243 e. The number of H-pyrrole nitrogens is 1. The van der Waals surface area contributed by atoms with E-state index in [1.165, 1.54) is 12.4 Å². The summed E-state index contributed by atoms with van der Waals surface area (Å²) in [6.07, 6.45) is 4.66. The molecule has 1 rings (SSSR count). The number of aromatic amines is 1. The quantitative estimate of drug-likeness (QED) is 0.777. The van der Waals surface area contributed by atoms with Crippen LogP contribution in [0.5, 0.6) is 0 Å². The summed E-state index contributed by atoms with van der Waals surface area (Å²) in [6, 6.07) is 0. The monoisotopic (exact) mass is 249 g/mol. The van der Waals surface area contributed by atoms with E-state index in [0.29, 0.717) is 12.5 Å². The molecule has 0 saturated heterocycles. The molecule has 0 saturated carbocycles. The standard InChI is InChI=1S/C8H15N3O2S2/c1-7(6-14-2)3-11-15(12,13)8-4-9-10-5-8/h4-5,7,11H,3,6H2,1-2H3,(H,9,10). The van der Waals surface area contributed by atoms with Crippen molar-refractivity contribution in [1.29, 1.82) is 0 Å². The molecule has 0 aromatic carbocycles. The summed E-state index contributed by atoms with van der Waals surface area (Å²) in [4.78, 5) is 0.179. The van der Waals surface area contributed by atoms with Gasteiger partial charge in [-0.3, -0.25) is 5.10 Å². The van der Waals surface area contributed by atoms with Crippen LogP contribution in [0.3, 0.4) is 0 Å². The van der Waals surface area contributed by atoms with Crippen molar-refractivity contribution >= 4 is 21.8 Å². The second kappa shape index (κ2) is 5.53. The Bertz CT molecular complexity index is 375. The van der Waals surface area contributed by atoms with Crippen molar-refractivity contribution in [2.75, 3.05) is 18.6 Å². The summed E-state index contributed by atoms with van der Waals surface area (Å²) in [7, 11) is -3.38. The summed E-state index contributed by atoms with van der Waals surface area (Å²) < 4.78 is 25.8. The summed E-state index contributed by atoms with van der Waals surface area (Å²) in [5.41, 5.74) is 0. The van der Waals surface area contributed by atoms with Gasteiger partial charge in [-0.1, -0.05) is 6.92 Å². The lowest BCUT2D eigenvalue weighted by Gasteiger charge is -2.10. The van der Waals surface area contributed by atoms with Crippen LogP contribution in [0, 0.1) is 5.92 Å². The zero-order chi connectivity index (χ0) is 11.3. The van der Waals surface area contributed by atoms with Crippen LogP contribution in [0.15, 0.2) is 17.3 Å². The van der Waals surface area contributed by atoms with Gasteiger partial charge < -0.3 is 0 Å². The van der Waals surface area contributed by atoms with Gasteiger partial charge in [0.2, 0.25) is 10.0 Å². The van der Waals surface area contributed by atoms with Crippen molar-refractivity contribution < 1.29 is 8.42 Å². The van der Waals surface area contributed by atoms with E-state index in [2.05, 4.69) is 14.9 Å². The molecule has 1 heterocycles. The molecule has 1 unspecified atom stereocenters. The number of nitrogens with zero attached hydrogens (tertiary/aromatic N) is 1. The van der Waals surface area contributed by atoms with Gasteiger partial charge in [-0.25, -0.2) is 13.1 Å². The predicted molar refractivity (Wildman–Crippen MR) is 61.3 cm³/mol. The molecule has 2 N–H and O–H groups in total. The molecular formula is C8H15N3O2S2. The molecule has 7 heteroatoms. The Labute approximate surface area is 94.1 Å². The summed E-state index contributed by atoms with van der Waals surface area (Å²) in [6.45, 7) is 2.46. The van der Waals surface area contributed by atoms with E-state index >= 15 is 0 Å². The molecule has 0 aliphatic carbocycles. The summed E-state index contributed by atoms with van der Waals surface area (Å²) >= 11 is 1.70. The summed E-state index contributed by atoms with van der Waals surface area (Å²) in [5, 5.41) is 6.08. The zero-order valence-electron chi connectivity index (χ0n) is 8.73. The van der Waals surface area contributed by atoms with Gasteiger partial charge in [0.1, 0.15) is 4.90 Å². The van der Waals surface area contributed by atoms with Gasteiger partial charge in [-0.2, -0.15) is 16.9 Å². The Kier molecular flexibility index (Phi) is 4.62. The maximum Gasteiger partial charge on any atom is 0.243 e. The third kappa shape index (κ3) is 3.84. The van der Waals surface area contributed by atoms with Gasteiger partial charge in [-0.15, -0.1) is 0 Å². The first kappa shape index (κ1) is 12.5. The van der Waals surface area contributed by atoms with E-state index in [0.717, 1.165) is 5.75 Å². The Hall–Kier alpha value is -0.530. The minimum Gasteiger partial charge on any atom is -0.284 e. The molecule has 0 aliphatic heterocycles. The highest BCUT2D eigenvalue weighted by molar-refractivity contribution is 7.98. The van der Waals surface area contributed by atoms with Gasteiger partial charge in [0.05, 0.1) is 6.20 Å². The highest BCUT2D eigenvalue weighted by Gasteiger charge is 2.15. The number of nitrogens with one attached hydrogen (secondary N) is 2. The van der Waals surface area contributed by atoms with E-state index in [1.807, 2.05) is 13.2 Å². The third-order valence-electron chi connectivity index (χ3n) is 1.86. The van der Waals surface area contributed by atoms with Gasteiger partial charge in [0.15, 0.2) is 0 Å². The Balaban J connectivity index is 2.52. The molecule has 15 heavy (non-hydrogen) atoms. The molecule has 1 atom stereocenters. The first-order chi connectivity index (χ1) is 7.06. The van der Waals surface area contributed by atoms with Gasteiger partial charge in [0.25, 0.3) is 0 Å². The van der Waals surface area contributed by atoms with Crippen molar-refractivity contribution in [1.82, 2.24) is 14.9 Å². The number of hydrogen-bond donors (Lipinski definition) is 2. The molecule has 1 aromatic heterocycles. The van der Waals surface area contributed by atoms with Crippen molar-refractivity contribution in [3.05, 3.63) is 12.4 Å². The van der Waals surface area contributed by atoms with Crippen LogP contribution in [-0.2, 0) is 10.0 Å². The maximum absolute atomic E-state index is 11.6. The Morgan fingerprint density at radius 3 is 2.93 bits per heavy atom. The van der Waals surface area contributed by atoms with E-state index in [1.54, 1.807) is 11.8 Å². The fourth-order valence-corrected chi connectivity index (χ4v) is 2.82. The van der Waals surface area contributed by atoms with E-state index in [9.17, 15) is 8.42 Å². The van der Waals surface area contributed by atoms with Crippen molar-refractivity contribution in [2.45, 2.75) is 11.8 Å². The second-order valence-corrected chi connectivity index (χ2v) is 6.02. The first-order valence-corrected chi connectivity index (χ1v) is 7.41. The topological polar surface area (TPSA) is 74.8 Å². The maximum atomic E-state index is 11.6. The normalized spacial score (nSPS) is 14.0. The number of hydrogen-bond acceptors (Lipinski definition) is 4. The van der Waals surface area contributed by atoms with E-state index in [4.69, 9.17) is 0 Å². The Morgan fingerprint density at radius 2 is 2.40 bits per heavy atom. The fourth-order valence-electron chi connectivity index (χ4n) is 1.06. The molecule has 0 radical (unpaired) electrons. The Morgan fingerprint density at radius 1 is 1.67 bits per heavy atom. The fraction of sp³-hybridized carbons (Fsp3) is 0.625. The highest BCUT2D eigenvalue weighted by Crippen LogP contribution is 2.07. The summed E-state index contributed by atoms with van der Waals surface area (Å²) in [5.74, 6) is 1.26. The molecular weight excluding hydrogens is 234 g/mol. The SMILES string of the molecule is CSCC(C)CNS(=O)(=O)c1cn[nH]c1. The van der Waals surface area contributed by atoms with E-state index < -0.39 is 10.0 Å².